The van der Waals surface area contributed by atoms with Gasteiger partial charge < -0.3 is 4.74 Å². The van der Waals surface area contributed by atoms with Gasteiger partial charge in [-0.05, 0) is 34.9 Å². The average Bonchev–Trinajstić information content (AvgIpc) is 2.24. The zero-order valence-corrected chi connectivity index (χ0v) is 12.3. The third-order valence-electron chi connectivity index (χ3n) is 3.07. The number of nitrogens with zero attached hydrogens (tertiary/aromatic N) is 1. The van der Waals surface area contributed by atoms with E-state index in [-0.39, 0.29) is 10.8 Å². The lowest BCUT2D eigenvalue weighted by molar-refractivity contribution is 0.284. The molecular formula is C16H23NO. The van der Waals surface area contributed by atoms with E-state index >= 15 is 0 Å². The van der Waals surface area contributed by atoms with Gasteiger partial charge in [-0.15, -0.1) is 0 Å². The Morgan fingerprint density at radius 1 is 1.17 bits per heavy atom. The number of nitriles is 1. The predicted molar refractivity (Wildman–Crippen MR) is 74.8 cm³/mol. The van der Waals surface area contributed by atoms with E-state index in [1.807, 2.05) is 12.1 Å². The summed E-state index contributed by atoms with van der Waals surface area (Å²) < 4.78 is 5.18. The van der Waals surface area contributed by atoms with E-state index in [1.54, 1.807) is 7.11 Å². The molecule has 1 aromatic rings. The maximum Gasteiger partial charge on any atom is 0.136 e. The minimum atomic E-state index is 0.0517. The quantitative estimate of drug-likeness (QED) is 0.796. The van der Waals surface area contributed by atoms with Gasteiger partial charge in [0.1, 0.15) is 11.8 Å². The highest BCUT2D eigenvalue weighted by atomic mass is 16.5. The largest absolute Gasteiger partial charge is 0.495 e. The Hall–Kier alpha value is -1.49. The van der Waals surface area contributed by atoms with E-state index in [4.69, 9.17) is 10.00 Å². The highest BCUT2D eigenvalue weighted by Crippen LogP contribution is 2.37. The molecule has 98 valence electrons. The zero-order valence-electron chi connectivity index (χ0n) is 12.3. The molecule has 1 rings (SSSR count). The molecule has 2 heteroatoms. The van der Waals surface area contributed by atoms with Crippen molar-refractivity contribution in [2.24, 2.45) is 5.41 Å². The molecule has 0 atom stereocenters. The lowest BCUT2D eigenvalue weighted by Gasteiger charge is -2.33. The molecule has 18 heavy (non-hydrogen) atoms. The summed E-state index contributed by atoms with van der Waals surface area (Å²) in [6, 6.07) is 8.09. The molecule has 0 spiro atoms. The number of hydrogen-bond acceptors (Lipinski definition) is 2. The molecule has 0 fully saturated rings. The molecule has 0 aliphatic heterocycles. The third kappa shape index (κ3) is 3.50. The molecule has 0 amide bonds. The molecule has 0 aliphatic rings. The smallest absolute Gasteiger partial charge is 0.136 e. The lowest BCUT2D eigenvalue weighted by atomic mass is 9.72. The van der Waals surface area contributed by atoms with Gasteiger partial charge in [0.05, 0.1) is 12.7 Å². The van der Waals surface area contributed by atoms with Crippen LogP contribution in [0.1, 0.15) is 52.2 Å². The first-order valence-electron chi connectivity index (χ1n) is 6.28. The van der Waals surface area contributed by atoms with E-state index in [9.17, 15) is 0 Å². The van der Waals surface area contributed by atoms with Crippen molar-refractivity contribution in [1.82, 2.24) is 0 Å². The lowest BCUT2D eigenvalue weighted by Crippen LogP contribution is -2.24. The van der Waals surface area contributed by atoms with Crippen molar-refractivity contribution in [1.29, 1.82) is 5.26 Å². The van der Waals surface area contributed by atoms with Crippen LogP contribution in [0.15, 0.2) is 18.2 Å². The zero-order chi connectivity index (χ0) is 14.0. The van der Waals surface area contributed by atoms with Gasteiger partial charge in [-0.25, -0.2) is 0 Å². The van der Waals surface area contributed by atoms with Gasteiger partial charge in [0, 0.05) is 0 Å². The Morgan fingerprint density at radius 2 is 1.78 bits per heavy atom. The fourth-order valence-corrected chi connectivity index (χ4v) is 2.64. The molecule has 0 unspecified atom stereocenters. The molecule has 0 radical (unpaired) electrons. The van der Waals surface area contributed by atoms with Crippen LogP contribution in [0, 0.1) is 16.7 Å². The van der Waals surface area contributed by atoms with Crippen LogP contribution in [-0.2, 0) is 5.41 Å². The Morgan fingerprint density at radius 3 is 2.22 bits per heavy atom. The maximum atomic E-state index is 9.14. The molecule has 0 saturated carbocycles. The summed E-state index contributed by atoms with van der Waals surface area (Å²) >= 11 is 0. The van der Waals surface area contributed by atoms with Crippen LogP contribution in [0.5, 0.6) is 5.75 Å². The van der Waals surface area contributed by atoms with Crippen LogP contribution in [0.3, 0.4) is 0 Å². The Balaban J connectivity index is 3.14. The van der Waals surface area contributed by atoms with Gasteiger partial charge in [0.2, 0.25) is 0 Å². The van der Waals surface area contributed by atoms with Gasteiger partial charge in [0.15, 0.2) is 0 Å². The fraction of sp³-hybridized carbons (Fsp3) is 0.562. The second-order valence-electron chi connectivity index (χ2n) is 6.65. The summed E-state index contributed by atoms with van der Waals surface area (Å²) in [6.45, 7) is 11.2. The summed E-state index contributed by atoms with van der Waals surface area (Å²) in [5.41, 5.74) is 2.11. The minimum Gasteiger partial charge on any atom is -0.495 e. The van der Waals surface area contributed by atoms with Gasteiger partial charge in [-0.1, -0.05) is 40.7 Å². The number of hydrogen-bond donors (Lipinski definition) is 0. The SMILES string of the molecule is COc1ccc(C(C)(C)CC(C)(C)C)cc1C#N. The number of benzene rings is 1. The Labute approximate surface area is 111 Å². The summed E-state index contributed by atoms with van der Waals surface area (Å²) in [6.07, 6.45) is 1.07. The number of ether oxygens (including phenoxy) is 1. The summed E-state index contributed by atoms with van der Waals surface area (Å²) in [7, 11) is 1.59. The first-order chi connectivity index (χ1) is 8.19. The summed E-state index contributed by atoms with van der Waals surface area (Å²) in [5.74, 6) is 0.646. The third-order valence-corrected chi connectivity index (χ3v) is 3.07. The van der Waals surface area contributed by atoms with Gasteiger partial charge in [-0.2, -0.15) is 5.26 Å². The van der Waals surface area contributed by atoms with Crippen molar-refractivity contribution in [2.45, 2.75) is 46.5 Å². The molecule has 0 bridgehead atoms. The van der Waals surface area contributed by atoms with Crippen LogP contribution in [0.25, 0.3) is 0 Å². The standard InChI is InChI=1S/C16H23NO/c1-15(2,3)11-16(4,5)13-7-8-14(18-6)12(9-13)10-17/h7-9H,11H2,1-6H3. The molecule has 0 aliphatic carbocycles. The molecule has 0 N–H and O–H groups in total. The highest BCUT2D eigenvalue weighted by molar-refractivity contribution is 5.47. The second-order valence-corrected chi connectivity index (χ2v) is 6.65. The average molecular weight is 245 g/mol. The van der Waals surface area contributed by atoms with E-state index in [2.05, 4.69) is 46.8 Å². The van der Waals surface area contributed by atoms with Crippen LogP contribution < -0.4 is 4.74 Å². The number of rotatable bonds is 3. The van der Waals surface area contributed by atoms with Crippen molar-refractivity contribution in [3.05, 3.63) is 29.3 Å². The maximum absolute atomic E-state index is 9.14. The van der Waals surface area contributed by atoms with Crippen molar-refractivity contribution in [3.8, 4) is 11.8 Å². The van der Waals surface area contributed by atoms with Crippen molar-refractivity contribution < 1.29 is 4.74 Å². The van der Waals surface area contributed by atoms with Crippen molar-refractivity contribution in [2.75, 3.05) is 7.11 Å². The van der Waals surface area contributed by atoms with Crippen LogP contribution in [-0.4, -0.2) is 7.11 Å². The Bertz CT molecular complexity index is 461. The molecule has 2 nitrogen and oxygen atoms in total. The summed E-state index contributed by atoms with van der Waals surface area (Å²) in [4.78, 5) is 0. The number of methoxy groups -OCH3 is 1. The van der Waals surface area contributed by atoms with Crippen LogP contribution in [0.2, 0.25) is 0 Å². The molecule has 1 aromatic carbocycles. The van der Waals surface area contributed by atoms with Crippen LogP contribution >= 0.6 is 0 Å². The molecular weight excluding hydrogens is 222 g/mol. The van der Waals surface area contributed by atoms with E-state index in [0.717, 1.165) is 6.42 Å². The first kappa shape index (κ1) is 14.6. The summed E-state index contributed by atoms with van der Waals surface area (Å²) in [5, 5.41) is 9.14. The first-order valence-corrected chi connectivity index (χ1v) is 6.28. The minimum absolute atomic E-state index is 0.0517. The molecule has 0 saturated heterocycles. The Kier molecular flexibility index (Phi) is 4.06. The van der Waals surface area contributed by atoms with Crippen molar-refractivity contribution >= 4 is 0 Å². The monoisotopic (exact) mass is 245 g/mol. The van der Waals surface area contributed by atoms with Gasteiger partial charge in [0.25, 0.3) is 0 Å². The van der Waals surface area contributed by atoms with Gasteiger partial charge in [-0.3, -0.25) is 0 Å². The van der Waals surface area contributed by atoms with E-state index < -0.39 is 0 Å². The second kappa shape index (κ2) is 5.02. The molecule has 0 heterocycles. The highest BCUT2D eigenvalue weighted by Gasteiger charge is 2.27. The van der Waals surface area contributed by atoms with E-state index in [0.29, 0.717) is 11.3 Å². The fourth-order valence-electron chi connectivity index (χ4n) is 2.64. The van der Waals surface area contributed by atoms with Crippen molar-refractivity contribution in [3.63, 3.8) is 0 Å². The normalized spacial score (nSPS) is 12.1. The van der Waals surface area contributed by atoms with E-state index in [1.165, 1.54) is 5.56 Å². The van der Waals surface area contributed by atoms with Gasteiger partial charge >= 0.3 is 0 Å². The predicted octanol–water partition coefficient (Wildman–Crippen LogP) is 4.28. The van der Waals surface area contributed by atoms with Crippen LogP contribution in [0.4, 0.5) is 0 Å². The molecule has 0 aromatic heterocycles. The topological polar surface area (TPSA) is 33.0 Å².